The fourth-order valence-electron chi connectivity index (χ4n) is 2.91. The summed E-state index contributed by atoms with van der Waals surface area (Å²) in [5.74, 6) is 0. The number of fused-ring (bicyclic) bond motifs is 1. The van der Waals surface area contributed by atoms with Crippen molar-refractivity contribution in [1.29, 1.82) is 0 Å². The SMILES string of the molecule is O=c1ccccn1CCNC1CCc2ccccc2C1. The lowest BCUT2D eigenvalue weighted by Crippen LogP contribution is -2.37. The molecule has 0 aliphatic heterocycles. The summed E-state index contributed by atoms with van der Waals surface area (Å²) in [5.41, 5.74) is 3.03. The van der Waals surface area contributed by atoms with Gasteiger partial charge in [0.15, 0.2) is 0 Å². The average Bonchev–Trinajstić information content (AvgIpc) is 2.49. The van der Waals surface area contributed by atoms with Crippen LogP contribution in [0, 0.1) is 0 Å². The number of nitrogens with one attached hydrogen (secondary N) is 1. The van der Waals surface area contributed by atoms with Crippen molar-refractivity contribution in [3.05, 3.63) is 70.1 Å². The number of benzene rings is 1. The zero-order chi connectivity index (χ0) is 13.8. The molecule has 0 amide bonds. The quantitative estimate of drug-likeness (QED) is 0.920. The predicted molar refractivity (Wildman–Crippen MR) is 81.0 cm³/mol. The lowest BCUT2D eigenvalue weighted by atomic mass is 9.88. The molecule has 0 saturated heterocycles. The first-order valence-electron chi connectivity index (χ1n) is 7.28. The number of nitrogens with zero attached hydrogens (tertiary/aromatic N) is 1. The largest absolute Gasteiger partial charge is 0.314 e. The highest BCUT2D eigenvalue weighted by molar-refractivity contribution is 5.30. The highest BCUT2D eigenvalue weighted by Crippen LogP contribution is 2.20. The maximum Gasteiger partial charge on any atom is 0.250 e. The smallest absolute Gasteiger partial charge is 0.250 e. The molecule has 3 heteroatoms. The van der Waals surface area contributed by atoms with Crippen LogP contribution in [0.3, 0.4) is 0 Å². The molecule has 1 heterocycles. The molecule has 0 spiro atoms. The molecular formula is C17H20N2O. The number of hydrogen-bond acceptors (Lipinski definition) is 2. The van der Waals surface area contributed by atoms with Crippen LogP contribution < -0.4 is 10.9 Å². The van der Waals surface area contributed by atoms with Crippen molar-refractivity contribution in [2.75, 3.05) is 6.54 Å². The fraction of sp³-hybridized carbons (Fsp3) is 0.353. The van der Waals surface area contributed by atoms with Crippen molar-refractivity contribution in [3.8, 4) is 0 Å². The third-order valence-corrected chi connectivity index (χ3v) is 4.03. The van der Waals surface area contributed by atoms with Crippen molar-refractivity contribution in [3.63, 3.8) is 0 Å². The Balaban J connectivity index is 1.53. The normalized spacial score (nSPS) is 17.7. The third-order valence-electron chi connectivity index (χ3n) is 4.03. The maximum absolute atomic E-state index is 11.6. The first-order valence-corrected chi connectivity index (χ1v) is 7.28. The standard InChI is InChI=1S/C17H20N2O/c20-17-7-3-4-11-19(17)12-10-18-16-9-8-14-5-1-2-6-15(14)13-16/h1-7,11,16,18H,8-10,12-13H2. The zero-order valence-corrected chi connectivity index (χ0v) is 11.6. The summed E-state index contributed by atoms with van der Waals surface area (Å²) in [7, 11) is 0. The molecule has 1 atom stereocenters. The lowest BCUT2D eigenvalue weighted by molar-refractivity contribution is 0.442. The van der Waals surface area contributed by atoms with Gasteiger partial charge in [0.05, 0.1) is 0 Å². The van der Waals surface area contributed by atoms with Gasteiger partial charge in [0.1, 0.15) is 0 Å². The summed E-state index contributed by atoms with van der Waals surface area (Å²) in [6, 6.07) is 14.5. The average molecular weight is 268 g/mol. The van der Waals surface area contributed by atoms with E-state index >= 15 is 0 Å². The van der Waals surface area contributed by atoms with Crippen LogP contribution in [0.4, 0.5) is 0 Å². The first-order chi connectivity index (χ1) is 9.83. The molecule has 0 radical (unpaired) electrons. The van der Waals surface area contributed by atoms with E-state index in [1.807, 2.05) is 12.3 Å². The second-order valence-corrected chi connectivity index (χ2v) is 5.39. The minimum absolute atomic E-state index is 0.0725. The number of hydrogen-bond donors (Lipinski definition) is 1. The summed E-state index contributed by atoms with van der Waals surface area (Å²) in [5, 5.41) is 3.58. The van der Waals surface area contributed by atoms with Crippen LogP contribution >= 0.6 is 0 Å². The summed E-state index contributed by atoms with van der Waals surface area (Å²) >= 11 is 0. The number of pyridine rings is 1. The van der Waals surface area contributed by atoms with Gasteiger partial charge in [0.2, 0.25) is 0 Å². The summed E-state index contributed by atoms with van der Waals surface area (Å²) in [4.78, 5) is 11.6. The van der Waals surface area contributed by atoms with E-state index in [9.17, 15) is 4.79 Å². The Bertz CT molecular complexity index is 633. The van der Waals surface area contributed by atoms with E-state index in [-0.39, 0.29) is 5.56 Å². The van der Waals surface area contributed by atoms with Crippen molar-refractivity contribution in [1.82, 2.24) is 9.88 Å². The Kier molecular flexibility index (Phi) is 3.97. The van der Waals surface area contributed by atoms with E-state index in [2.05, 4.69) is 29.6 Å². The van der Waals surface area contributed by atoms with Gasteiger partial charge >= 0.3 is 0 Å². The molecule has 0 fully saturated rings. The van der Waals surface area contributed by atoms with Gasteiger partial charge in [-0.25, -0.2) is 0 Å². The number of rotatable bonds is 4. The minimum atomic E-state index is 0.0725. The van der Waals surface area contributed by atoms with E-state index in [1.165, 1.54) is 17.5 Å². The van der Waals surface area contributed by atoms with E-state index in [0.29, 0.717) is 6.04 Å². The first kappa shape index (κ1) is 13.1. The molecule has 3 nitrogen and oxygen atoms in total. The minimum Gasteiger partial charge on any atom is -0.314 e. The molecule has 0 bridgehead atoms. The number of aromatic nitrogens is 1. The Labute approximate surface area is 119 Å². The molecule has 1 unspecified atom stereocenters. The predicted octanol–water partition coefficient (Wildman–Crippen LogP) is 2.00. The monoisotopic (exact) mass is 268 g/mol. The summed E-state index contributed by atoms with van der Waals surface area (Å²) in [6.07, 6.45) is 5.28. The molecule has 2 aromatic rings. The van der Waals surface area contributed by atoms with E-state index in [0.717, 1.165) is 25.9 Å². The molecule has 1 aromatic heterocycles. The van der Waals surface area contributed by atoms with Gasteiger partial charge in [-0.15, -0.1) is 0 Å². The van der Waals surface area contributed by atoms with Crippen molar-refractivity contribution in [2.45, 2.75) is 31.8 Å². The van der Waals surface area contributed by atoms with Crippen LogP contribution in [0.15, 0.2) is 53.5 Å². The maximum atomic E-state index is 11.6. The molecule has 3 rings (SSSR count). The highest BCUT2D eigenvalue weighted by atomic mass is 16.1. The Hall–Kier alpha value is -1.87. The fourth-order valence-corrected chi connectivity index (χ4v) is 2.91. The van der Waals surface area contributed by atoms with Gasteiger partial charge in [-0.3, -0.25) is 4.79 Å². The van der Waals surface area contributed by atoms with Crippen molar-refractivity contribution >= 4 is 0 Å². The molecule has 0 saturated carbocycles. The molecule has 104 valence electrons. The van der Waals surface area contributed by atoms with Crippen LogP contribution in [-0.2, 0) is 19.4 Å². The molecule has 1 aliphatic carbocycles. The van der Waals surface area contributed by atoms with Crippen LogP contribution in [0.25, 0.3) is 0 Å². The Morgan fingerprint density at radius 1 is 1.10 bits per heavy atom. The van der Waals surface area contributed by atoms with Gasteiger partial charge in [0, 0.05) is 31.4 Å². The molecule has 1 N–H and O–H groups in total. The molecule has 1 aliphatic rings. The van der Waals surface area contributed by atoms with Crippen molar-refractivity contribution < 1.29 is 0 Å². The zero-order valence-electron chi connectivity index (χ0n) is 11.6. The van der Waals surface area contributed by atoms with Crippen LogP contribution in [0.1, 0.15) is 17.5 Å². The van der Waals surface area contributed by atoms with Crippen LogP contribution in [0.5, 0.6) is 0 Å². The Morgan fingerprint density at radius 2 is 1.90 bits per heavy atom. The summed E-state index contributed by atoms with van der Waals surface area (Å²) < 4.78 is 1.75. The second-order valence-electron chi connectivity index (χ2n) is 5.39. The second kappa shape index (κ2) is 6.06. The van der Waals surface area contributed by atoms with E-state index in [4.69, 9.17) is 0 Å². The third kappa shape index (κ3) is 2.99. The van der Waals surface area contributed by atoms with Gasteiger partial charge in [0.25, 0.3) is 5.56 Å². The van der Waals surface area contributed by atoms with Gasteiger partial charge in [-0.2, -0.15) is 0 Å². The Morgan fingerprint density at radius 3 is 2.75 bits per heavy atom. The molecular weight excluding hydrogens is 248 g/mol. The molecule has 1 aromatic carbocycles. The highest BCUT2D eigenvalue weighted by Gasteiger charge is 2.17. The summed E-state index contributed by atoms with van der Waals surface area (Å²) in [6.45, 7) is 1.58. The number of aryl methyl sites for hydroxylation is 1. The van der Waals surface area contributed by atoms with Gasteiger partial charge in [-0.1, -0.05) is 30.3 Å². The van der Waals surface area contributed by atoms with Gasteiger partial charge in [-0.05, 0) is 36.5 Å². The molecule has 20 heavy (non-hydrogen) atoms. The van der Waals surface area contributed by atoms with Crippen molar-refractivity contribution in [2.24, 2.45) is 0 Å². The topological polar surface area (TPSA) is 34.0 Å². The van der Waals surface area contributed by atoms with Crippen LogP contribution in [0.2, 0.25) is 0 Å². The van der Waals surface area contributed by atoms with E-state index < -0.39 is 0 Å². The lowest BCUT2D eigenvalue weighted by Gasteiger charge is -2.25. The van der Waals surface area contributed by atoms with Crippen LogP contribution in [-0.4, -0.2) is 17.2 Å². The van der Waals surface area contributed by atoms with E-state index in [1.54, 1.807) is 16.7 Å². The van der Waals surface area contributed by atoms with Gasteiger partial charge < -0.3 is 9.88 Å².